The summed E-state index contributed by atoms with van der Waals surface area (Å²) in [7, 11) is 6.86. The molecule has 25 heavy (non-hydrogen) atoms. The molecule has 2 atom stereocenters. The van der Waals surface area contributed by atoms with E-state index in [1.165, 1.54) is 48.3 Å². The topological polar surface area (TPSA) is 59.1 Å². The normalized spacial score (nSPS) is 23.7. The smallest absolute Gasteiger partial charge is 0.409 e. The van der Waals surface area contributed by atoms with Gasteiger partial charge in [-0.3, -0.25) is 0 Å². The van der Waals surface area contributed by atoms with Crippen molar-refractivity contribution in [1.82, 2.24) is 9.80 Å². The van der Waals surface area contributed by atoms with E-state index < -0.39 is 0 Å². The molecule has 2 fully saturated rings. The second kappa shape index (κ2) is 11.2. The molecule has 0 aliphatic heterocycles. The van der Waals surface area contributed by atoms with Crippen LogP contribution < -0.4 is 0 Å². The Labute approximate surface area is 152 Å². The van der Waals surface area contributed by atoms with Gasteiger partial charge in [0.15, 0.2) is 0 Å². The molecule has 146 valence electrons. The number of carbonyl (C=O) groups is 2. The molecule has 6 nitrogen and oxygen atoms in total. The molecule has 0 radical (unpaired) electrons. The Morgan fingerprint density at radius 3 is 1.72 bits per heavy atom. The SMILES string of the molecule is CC1CCCCC1OC(=O)N(C)C.CN(C)C(=O)OC1CCCCC1. The van der Waals surface area contributed by atoms with Gasteiger partial charge in [-0.05, 0) is 50.9 Å². The Kier molecular flexibility index (Phi) is 9.68. The zero-order valence-electron chi connectivity index (χ0n) is 16.6. The first-order valence-corrected chi connectivity index (χ1v) is 9.57. The van der Waals surface area contributed by atoms with Crippen LogP contribution in [0.15, 0.2) is 0 Å². The largest absolute Gasteiger partial charge is 0.446 e. The molecule has 2 rings (SSSR count). The molecule has 0 spiro atoms. The lowest BCUT2D eigenvalue weighted by atomic mass is 9.88. The van der Waals surface area contributed by atoms with Gasteiger partial charge in [-0.1, -0.05) is 19.8 Å². The first-order valence-electron chi connectivity index (χ1n) is 9.57. The highest BCUT2D eigenvalue weighted by molar-refractivity contribution is 5.67. The molecule has 2 unspecified atom stereocenters. The van der Waals surface area contributed by atoms with Gasteiger partial charge < -0.3 is 19.3 Å². The first kappa shape index (κ1) is 21.6. The van der Waals surface area contributed by atoms with E-state index in [0.717, 1.165) is 19.3 Å². The molecular weight excluding hydrogens is 320 g/mol. The zero-order chi connectivity index (χ0) is 18.8. The van der Waals surface area contributed by atoms with Gasteiger partial charge in [-0.15, -0.1) is 0 Å². The summed E-state index contributed by atoms with van der Waals surface area (Å²) in [6, 6.07) is 0. The van der Waals surface area contributed by atoms with E-state index in [1.807, 2.05) is 0 Å². The van der Waals surface area contributed by atoms with Gasteiger partial charge in [0, 0.05) is 28.2 Å². The molecule has 0 aromatic heterocycles. The molecule has 2 aliphatic carbocycles. The molecule has 0 saturated heterocycles. The van der Waals surface area contributed by atoms with Crippen LogP contribution in [0.4, 0.5) is 9.59 Å². The van der Waals surface area contributed by atoms with Crippen molar-refractivity contribution in [3.8, 4) is 0 Å². The molecule has 2 amide bonds. The molecule has 2 aliphatic rings. The van der Waals surface area contributed by atoms with Gasteiger partial charge in [0.1, 0.15) is 12.2 Å². The highest BCUT2D eigenvalue weighted by Gasteiger charge is 2.25. The maximum atomic E-state index is 11.3. The van der Waals surface area contributed by atoms with Crippen molar-refractivity contribution >= 4 is 12.2 Å². The van der Waals surface area contributed by atoms with Gasteiger partial charge in [0.25, 0.3) is 0 Å². The fraction of sp³-hybridized carbons (Fsp3) is 0.895. The summed E-state index contributed by atoms with van der Waals surface area (Å²) in [5.41, 5.74) is 0. The molecule has 6 heteroatoms. The fourth-order valence-electron chi connectivity index (χ4n) is 3.12. The molecule has 2 saturated carbocycles. The van der Waals surface area contributed by atoms with Crippen molar-refractivity contribution < 1.29 is 19.1 Å². The number of hydrogen-bond donors (Lipinski definition) is 0. The third-order valence-electron chi connectivity index (χ3n) is 4.83. The maximum absolute atomic E-state index is 11.3. The summed E-state index contributed by atoms with van der Waals surface area (Å²) in [6.07, 6.45) is 10.4. The van der Waals surface area contributed by atoms with Gasteiger partial charge in [0.05, 0.1) is 0 Å². The van der Waals surface area contributed by atoms with Crippen LogP contribution in [0.3, 0.4) is 0 Å². The number of rotatable bonds is 2. The minimum absolute atomic E-state index is 0.142. The van der Waals surface area contributed by atoms with Crippen molar-refractivity contribution in [2.75, 3.05) is 28.2 Å². The molecular formula is C19H36N2O4. The van der Waals surface area contributed by atoms with Crippen LogP contribution in [0.2, 0.25) is 0 Å². The van der Waals surface area contributed by atoms with E-state index in [2.05, 4.69) is 6.92 Å². The molecule has 0 N–H and O–H groups in total. The van der Waals surface area contributed by atoms with Gasteiger partial charge in [0.2, 0.25) is 0 Å². The minimum atomic E-state index is -0.209. The standard InChI is InChI=1S/C10H19NO2.C9H17NO2/c1-8-6-4-5-7-9(8)13-10(12)11(2)3;1-10(2)9(11)12-8-6-4-3-5-7-8/h8-9H,4-7H2,1-3H3;8H,3-7H2,1-2H3. The second-order valence-corrected chi connectivity index (χ2v) is 7.62. The lowest BCUT2D eigenvalue weighted by Crippen LogP contribution is -2.33. The third-order valence-corrected chi connectivity index (χ3v) is 4.83. The number of ether oxygens (including phenoxy) is 2. The van der Waals surface area contributed by atoms with E-state index in [0.29, 0.717) is 5.92 Å². The molecule has 0 aromatic rings. The predicted octanol–water partition coefficient (Wildman–Crippen LogP) is 4.28. The summed E-state index contributed by atoms with van der Waals surface area (Å²) in [5, 5.41) is 0. The van der Waals surface area contributed by atoms with Crippen LogP contribution in [0.1, 0.15) is 64.7 Å². The van der Waals surface area contributed by atoms with E-state index in [-0.39, 0.29) is 24.4 Å². The van der Waals surface area contributed by atoms with Crippen LogP contribution in [-0.2, 0) is 9.47 Å². The lowest BCUT2D eigenvalue weighted by molar-refractivity contribution is 0.0279. The summed E-state index contributed by atoms with van der Waals surface area (Å²) in [5.74, 6) is 0.526. The van der Waals surface area contributed by atoms with E-state index in [9.17, 15) is 9.59 Å². The second-order valence-electron chi connectivity index (χ2n) is 7.62. The number of nitrogens with zero attached hydrogens (tertiary/aromatic N) is 2. The monoisotopic (exact) mass is 356 g/mol. The summed E-state index contributed by atoms with van der Waals surface area (Å²) < 4.78 is 10.6. The Balaban J connectivity index is 0.000000251. The molecule has 0 heterocycles. The van der Waals surface area contributed by atoms with Crippen LogP contribution in [0, 0.1) is 5.92 Å². The number of carbonyl (C=O) groups excluding carboxylic acids is 2. The summed E-state index contributed by atoms with van der Waals surface area (Å²) in [4.78, 5) is 25.3. The highest BCUT2D eigenvalue weighted by Crippen LogP contribution is 2.26. The van der Waals surface area contributed by atoms with E-state index >= 15 is 0 Å². The Hall–Kier alpha value is -1.46. The molecule has 0 aromatic carbocycles. The van der Waals surface area contributed by atoms with Crippen molar-refractivity contribution in [2.24, 2.45) is 5.92 Å². The van der Waals surface area contributed by atoms with Crippen molar-refractivity contribution in [3.05, 3.63) is 0 Å². The Morgan fingerprint density at radius 2 is 1.20 bits per heavy atom. The zero-order valence-corrected chi connectivity index (χ0v) is 16.6. The highest BCUT2D eigenvalue weighted by atomic mass is 16.6. The van der Waals surface area contributed by atoms with Gasteiger partial charge in [-0.2, -0.15) is 0 Å². The van der Waals surface area contributed by atoms with Crippen LogP contribution in [-0.4, -0.2) is 62.4 Å². The van der Waals surface area contributed by atoms with Crippen molar-refractivity contribution in [3.63, 3.8) is 0 Å². The summed E-state index contributed by atoms with van der Waals surface area (Å²) in [6.45, 7) is 2.16. The van der Waals surface area contributed by atoms with Crippen LogP contribution in [0.5, 0.6) is 0 Å². The number of hydrogen-bond acceptors (Lipinski definition) is 4. The lowest BCUT2D eigenvalue weighted by Gasteiger charge is -2.29. The van der Waals surface area contributed by atoms with Crippen molar-refractivity contribution in [1.29, 1.82) is 0 Å². The Morgan fingerprint density at radius 1 is 0.720 bits per heavy atom. The van der Waals surface area contributed by atoms with Crippen LogP contribution in [0.25, 0.3) is 0 Å². The minimum Gasteiger partial charge on any atom is -0.446 e. The van der Waals surface area contributed by atoms with Crippen LogP contribution >= 0.6 is 0 Å². The van der Waals surface area contributed by atoms with Crippen molar-refractivity contribution in [2.45, 2.75) is 76.9 Å². The average molecular weight is 357 g/mol. The summed E-state index contributed by atoms with van der Waals surface area (Å²) >= 11 is 0. The van der Waals surface area contributed by atoms with Gasteiger partial charge >= 0.3 is 12.2 Å². The van der Waals surface area contributed by atoms with Gasteiger partial charge in [-0.25, -0.2) is 9.59 Å². The molecule has 0 bridgehead atoms. The Bertz CT molecular complexity index is 406. The van der Waals surface area contributed by atoms with E-state index in [1.54, 1.807) is 28.2 Å². The maximum Gasteiger partial charge on any atom is 0.409 e. The third kappa shape index (κ3) is 8.45. The van der Waals surface area contributed by atoms with E-state index in [4.69, 9.17) is 9.47 Å². The number of amides is 2. The average Bonchev–Trinajstić information content (AvgIpc) is 2.58. The quantitative estimate of drug-likeness (QED) is 0.741. The first-order chi connectivity index (χ1) is 11.8. The predicted molar refractivity (Wildman–Crippen MR) is 98.6 cm³/mol. The fourth-order valence-corrected chi connectivity index (χ4v) is 3.12.